The average Bonchev–Trinajstić information content (AvgIpc) is 2.06. The molecule has 0 aliphatic carbocycles. The predicted octanol–water partition coefficient (Wildman–Crippen LogP) is 1.99. The van der Waals surface area contributed by atoms with Gasteiger partial charge in [-0.3, -0.25) is 0 Å². The van der Waals surface area contributed by atoms with Crippen LogP contribution in [0.2, 0.25) is 0 Å². The van der Waals surface area contributed by atoms with Gasteiger partial charge >= 0.3 is 0 Å². The van der Waals surface area contributed by atoms with Crippen molar-refractivity contribution in [3.63, 3.8) is 0 Å². The van der Waals surface area contributed by atoms with Crippen LogP contribution in [0.25, 0.3) is 6.20 Å². The molecule has 1 N–H and O–H groups in total. The first-order chi connectivity index (χ1) is 5.70. The van der Waals surface area contributed by atoms with Gasteiger partial charge in [0, 0.05) is 18.1 Å². The summed E-state index contributed by atoms with van der Waals surface area (Å²) in [6, 6.07) is 5.78. The first-order valence-corrected chi connectivity index (χ1v) is 4.06. The Hall–Kier alpha value is -1.31. The largest absolute Gasteiger partial charge is 0.506 e. The third kappa shape index (κ3) is 2.38. The summed E-state index contributed by atoms with van der Waals surface area (Å²) in [6.45, 7) is 3.91. The lowest BCUT2D eigenvalue weighted by Gasteiger charge is -1.98. The van der Waals surface area contributed by atoms with Gasteiger partial charge in [0.25, 0.3) is 0 Å². The molecule has 0 aliphatic heterocycles. The van der Waals surface area contributed by atoms with Gasteiger partial charge in [-0.1, -0.05) is 19.9 Å². The number of aliphatic hydroxyl groups is 1. The van der Waals surface area contributed by atoms with Gasteiger partial charge in [-0.25, -0.2) is 0 Å². The number of aliphatic hydroxyl groups excluding tert-OH is 1. The fourth-order valence-electron chi connectivity index (χ4n) is 0.800. The number of pyridine rings is 1. The first-order valence-electron chi connectivity index (χ1n) is 4.06. The van der Waals surface area contributed by atoms with Crippen molar-refractivity contribution in [1.82, 2.24) is 0 Å². The molecule has 0 unspecified atom stereocenters. The molecule has 1 heterocycles. The molecule has 0 bridgehead atoms. The van der Waals surface area contributed by atoms with Crippen LogP contribution >= 0.6 is 0 Å². The van der Waals surface area contributed by atoms with Crippen LogP contribution in [-0.2, 0) is 0 Å². The summed E-state index contributed by atoms with van der Waals surface area (Å²) >= 11 is 0. The van der Waals surface area contributed by atoms with E-state index in [9.17, 15) is 5.11 Å². The number of rotatable bonds is 2. The number of allylic oxidation sites excluding steroid dienone is 1. The van der Waals surface area contributed by atoms with Crippen molar-refractivity contribution in [3.05, 3.63) is 36.4 Å². The van der Waals surface area contributed by atoms with E-state index in [0.717, 1.165) is 0 Å². The van der Waals surface area contributed by atoms with Crippen molar-refractivity contribution >= 4 is 6.20 Å². The molecule has 0 amide bonds. The van der Waals surface area contributed by atoms with Crippen molar-refractivity contribution in [2.24, 2.45) is 5.92 Å². The first kappa shape index (κ1) is 8.78. The maximum absolute atomic E-state index is 9.42. The fraction of sp³-hybridized carbons (Fsp3) is 0.300. The number of aromatic nitrogens is 1. The zero-order valence-corrected chi connectivity index (χ0v) is 7.44. The summed E-state index contributed by atoms with van der Waals surface area (Å²) < 4.78 is 1.83. The zero-order chi connectivity index (χ0) is 8.97. The molecular weight excluding hydrogens is 150 g/mol. The summed E-state index contributed by atoms with van der Waals surface area (Å²) in [5, 5.41) is 9.42. The van der Waals surface area contributed by atoms with Gasteiger partial charge in [0.05, 0.1) is 0 Å². The molecule has 1 aromatic heterocycles. The van der Waals surface area contributed by atoms with Crippen LogP contribution in [0.3, 0.4) is 0 Å². The van der Waals surface area contributed by atoms with Gasteiger partial charge in [-0.15, -0.1) is 0 Å². The summed E-state index contributed by atoms with van der Waals surface area (Å²) in [5.41, 5.74) is 0. The van der Waals surface area contributed by atoms with E-state index in [1.807, 2.05) is 49.0 Å². The highest BCUT2D eigenvalue weighted by molar-refractivity contribution is 5.14. The summed E-state index contributed by atoms with van der Waals surface area (Å²) in [4.78, 5) is 0. The molecule has 0 aliphatic rings. The van der Waals surface area contributed by atoms with Gasteiger partial charge in [-0.05, 0) is 0 Å². The number of hydrogen-bond donors (Lipinski definition) is 1. The molecule has 0 saturated heterocycles. The lowest BCUT2D eigenvalue weighted by Crippen LogP contribution is -2.25. The molecule has 0 spiro atoms. The molecule has 2 heteroatoms. The molecule has 0 atom stereocenters. The van der Waals surface area contributed by atoms with Gasteiger partial charge in [0.2, 0.25) is 6.20 Å². The van der Waals surface area contributed by atoms with Crippen molar-refractivity contribution < 1.29 is 9.67 Å². The van der Waals surface area contributed by atoms with E-state index in [-0.39, 0.29) is 5.92 Å². The second-order valence-corrected chi connectivity index (χ2v) is 3.03. The quantitative estimate of drug-likeness (QED) is 0.524. The van der Waals surface area contributed by atoms with Crippen LogP contribution in [0.1, 0.15) is 13.8 Å². The normalized spacial score (nSPS) is 12.1. The van der Waals surface area contributed by atoms with Crippen molar-refractivity contribution in [1.29, 1.82) is 0 Å². The third-order valence-electron chi connectivity index (χ3n) is 1.61. The van der Waals surface area contributed by atoms with Crippen molar-refractivity contribution in [2.45, 2.75) is 13.8 Å². The smallest absolute Gasteiger partial charge is 0.212 e. The fourth-order valence-corrected chi connectivity index (χ4v) is 0.800. The van der Waals surface area contributed by atoms with Crippen LogP contribution in [0.4, 0.5) is 0 Å². The maximum atomic E-state index is 9.42. The Balaban J connectivity index is 2.81. The molecule has 12 heavy (non-hydrogen) atoms. The van der Waals surface area contributed by atoms with Gasteiger partial charge < -0.3 is 5.11 Å². The zero-order valence-electron chi connectivity index (χ0n) is 7.44. The maximum Gasteiger partial charge on any atom is 0.212 e. The molecule has 1 aromatic rings. The third-order valence-corrected chi connectivity index (χ3v) is 1.61. The van der Waals surface area contributed by atoms with E-state index >= 15 is 0 Å². The Morgan fingerprint density at radius 2 is 1.83 bits per heavy atom. The van der Waals surface area contributed by atoms with Crippen LogP contribution in [-0.4, -0.2) is 5.11 Å². The van der Waals surface area contributed by atoms with Crippen LogP contribution < -0.4 is 4.57 Å². The Morgan fingerprint density at radius 1 is 1.25 bits per heavy atom. The second-order valence-electron chi connectivity index (χ2n) is 3.03. The highest BCUT2D eigenvalue weighted by Crippen LogP contribution is 2.03. The van der Waals surface area contributed by atoms with E-state index in [2.05, 4.69) is 0 Å². The topological polar surface area (TPSA) is 24.1 Å². The van der Waals surface area contributed by atoms with Crippen LogP contribution in [0.5, 0.6) is 0 Å². The van der Waals surface area contributed by atoms with Crippen molar-refractivity contribution in [3.8, 4) is 0 Å². The second kappa shape index (κ2) is 3.90. The summed E-state index contributed by atoms with van der Waals surface area (Å²) in [5.74, 6) is 0.573. The molecule has 64 valence electrons. The van der Waals surface area contributed by atoms with E-state index in [1.54, 1.807) is 6.20 Å². The van der Waals surface area contributed by atoms with E-state index in [1.165, 1.54) is 0 Å². The van der Waals surface area contributed by atoms with Gasteiger partial charge in [0.1, 0.15) is 0 Å². The van der Waals surface area contributed by atoms with Crippen LogP contribution in [0, 0.1) is 5.92 Å². The Kier molecular flexibility index (Phi) is 2.86. The molecule has 0 saturated carbocycles. The molecule has 1 rings (SSSR count). The summed E-state index contributed by atoms with van der Waals surface area (Å²) in [6.07, 6.45) is 5.49. The lowest BCUT2D eigenvalue weighted by molar-refractivity contribution is -0.569. The van der Waals surface area contributed by atoms with E-state index in [4.69, 9.17) is 0 Å². The minimum Gasteiger partial charge on any atom is -0.506 e. The molecule has 0 fully saturated rings. The highest BCUT2D eigenvalue weighted by Gasteiger charge is 2.03. The predicted molar refractivity (Wildman–Crippen MR) is 48.4 cm³/mol. The van der Waals surface area contributed by atoms with E-state index < -0.39 is 0 Å². The van der Waals surface area contributed by atoms with Gasteiger partial charge in [0.15, 0.2) is 18.2 Å². The molecular formula is C10H14NO+. The number of hydrogen-bond acceptors (Lipinski definition) is 1. The van der Waals surface area contributed by atoms with Gasteiger partial charge in [-0.2, -0.15) is 4.57 Å². The molecule has 0 radical (unpaired) electrons. The van der Waals surface area contributed by atoms with Crippen molar-refractivity contribution in [2.75, 3.05) is 0 Å². The number of nitrogens with zero attached hydrogens (tertiary/aromatic N) is 1. The van der Waals surface area contributed by atoms with E-state index in [0.29, 0.717) is 5.76 Å². The Labute approximate surface area is 72.8 Å². The monoisotopic (exact) mass is 164 g/mol. The highest BCUT2D eigenvalue weighted by atomic mass is 16.3. The standard InChI is InChI=1S/C10H13NO/c1-9(2)10(12)8-11-6-4-3-5-7-11/h3-9H,1-2H3/p+1/b10-8-. The molecule has 0 aromatic carbocycles. The average molecular weight is 164 g/mol. The SMILES string of the molecule is CC(C)/C(O)=C/[n+]1ccccc1. The minimum atomic E-state index is 0.178. The minimum absolute atomic E-state index is 0.178. The molecule has 2 nitrogen and oxygen atoms in total. The Bertz CT molecular complexity index is 264. The summed E-state index contributed by atoms with van der Waals surface area (Å²) in [7, 11) is 0. The lowest BCUT2D eigenvalue weighted by atomic mass is 10.2. The van der Waals surface area contributed by atoms with Crippen LogP contribution in [0.15, 0.2) is 36.4 Å². The Morgan fingerprint density at radius 3 is 2.33 bits per heavy atom.